The minimum absolute atomic E-state index is 0.373. The highest BCUT2D eigenvalue weighted by atomic mass is 35.5. The summed E-state index contributed by atoms with van der Waals surface area (Å²) >= 11 is 6.12. The fourth-order valence-corrected chi connectivity index (χ4v) is 2.14. The Morgan fingerprint density at radius 1 is 1.41 bits per heavy atom. The molecule has 0 saturated heterocycles. The molecule has 0 bridgehead atoms. The number of hydrogen-bond donors (Lipinski definition) is 0. The van der Waals surface area contributed by atoms with E-state index in [0.717, 1.165) is 34.7 Å². The maximum absolute atomic E-state index is 8.56. The number of aryl methyl sites for hydroxylation is 1. The summed E-state index contributed by atoms with van der Waals surface area (Å²) in [4.78, 5) is 0. The molecule has 0 N–H and O–H groups in total. The number of halogens is 1. The lowest BCUT2D eigenvalue weighted by atomic mass is 9.96. The first-order valence-electron chi connectivity index (χ1n) is 5.83. The molecule has 0 aliphatic carbocycles. The number of unbranched alkanes of at least 4 members (excludes halogenated alkanes) is 1. The van der Waals surface area contributed by atoms with Crippen LogP contribution in [0.25, 0.3) is 0 Å². The second kappa shape index (κ2) is 6.51. The summed E-state index contributed by atoms with van der Waals surface area (Å²) < 4.78 is 5.48. The SMILES string of the molecule is COc1c(CCCC#N)cc(Cl)cc1C(C)C. The molecule has 0 heterocycles. The molecule has 0 atom stereocenters. The number of nitriles is 1. The number of rotatable bonds is 5. The van der Waals surface area contributed by atoms with Crippen molar-refractivity contribution in [1.82, 2.24) is 0 Å². The van der Waals surface area contributed by atoms with Gasteiger partial charge in [-0.25, -0.2) is 0 Å². The molecule has 0 amide bonds. The number of ether oxygens (including phenoxy) is 1. The Bertz CT molecular complexity index is 421. The van der Waals surface area contributed by atoms with Crippen LogP contribution in [0, 0.1) is 11.3 Å². The topological polar surface area (TPSA) is 33.0 Å². The van der Waals surface area contributed by atoms with Gasteiger partial charge in [0.1, 0.15) is 5.75 Å². The van der Waals surface area contributed by atoms with Gasteiger partial charge in [-0.05, 0) is 42.0 Å². The normalized spacial score (nSPS) is 10.4. The molecular formula is C14H18ClNO. The lowest BCUT2D eigenvalue weighted by Crippen LogP contribution is -1.99. The summed E-state index contributed by atoms with van der Waals surface area (Å²) in [7, 11) is 1.68. The predicted octanol–water partition coefficient (Wildman–Crippen LogP) is 4.32. The van der Waals surface area contributed by atoms with Crippen LogP contribution in [0.4, 0.5) is 0 Å². The van der Waals surface area contributed by atoms with Gasteiger partial charge in [0.15, 0.2) is 0 Å². The van der Waals surface area contributed by atoms with Gasteiger partial charge in [-0.2, -0.15) is 5.26 Å². The van der Waals surface area contributed by atoms with Crippen LogP contribution in [0.2, 0.25) is 5.02 Å². The quantitative estimate of drug-likeness (QED) is 0.731. The highest BCUT2D eigenvalue weighted by molar-refractivity contribution is 6.30. The number of nitrogens with zero attached hydrogens (tertiary/aromatic N) is 1. The van der Waals surface area contributed by atoms with E-state index in [4.69, 9.17) is 21.6 Å². The molecule has 0 spiro atoms. The number of methoxy groups -OCH3 is 1. The Kier molecular flexibility index (Phi) is 5.31. The van der Waals surface area contributed by atoms with Gasteiger partial charge in [0.05, 0.1) is 13.2 Å². The summed E-state index contributed by atoms with van der Waals surface area (Å²) in [6.45, 7) is 4.24. The van der Waals surface area contributed by atoms with E-state index in [9.17, 15) is 0 Å². The highest BCUT2D eigenvalue weighted by Crippen LogP contribution is 2.34. The summed E-state index contributed by atoms with van der Waals surface area (Å²) in [5, 5.41) is 9.30. The molecule has 0 fully saturated rings. The summed E-state index contributed by atoms with van der Waals surface area (Å²) in [6.07, 6.45) is 2.23. The molecule has 0 saturated carbocycles. The molecule has 0 radical (unpaired) electrons. The number of benzene rings is 1. The highest BCUT2D eigenvalue weighted by Gasteiger charge is 2.13. The van der Waals surface area contributed by atoms with Crippen molar-refractivity contribution in [1.29, 1.82) is 5.26 Å². The lowest BCUT2D eigenvalue weighted by molar-refractivity contribution is 0.402. The van der Waals surface area contributed by atoms with Gasteiger partial charge in [0.25, 0.3) is 0 Å². The van der Waals surface area contributed by atoms with E-state index in [2.05, 4.69) is 19.9 Å². The van der Waals surface area contributed by atoms with E-state index in [0.29, 0.717) is 12.3 Å². The van der Waals surface area contributed by atoms with Crippen molar-refractivity contribution in [3.05, 3.63) is 28.3 Å². The fraction of sp³-hybridized carbons (Fsp3) is 0.500. The van der Waals surface area contributed by atoms with Crippen molar-refractivity contribution in [2.45, 2.75) is 39.0 Å². The molecule has 17 heavy (non-hydrogen) atoms. The van der Waals surface area contributed by atoms with Crippen molar-refractivity contribution >= 4 is 11.6 Å². The average Bonchev–Trinajstić information content (AvgIpc) is 2.28. The Hall–Kier alpha value is -1.20. The van der Waals surface area contributed by atoms with Crippen LogP contribution < -0.4 is 4.74 Å². The Morgan fingerprint density at radius 3 is 2.65 bits per heavy atom. The average molecular weight is 252 g/mol. The standard InChI is InChI=1S/C14H18ClNO/c1-10(2)13-9-12(15)8-11(14(13)17-3)6-4-5-7-16/h8-10H,4-6H2,1-3H3. The van der Waals surface area contributed by atoms with Crippen molar-refractivity contribution < 1.29 is 4.74 Å². The van der Waals surface area contributed by atoms with Crippen LogP contribution in [0.5, 0.6) is 5.75 Å². The second-order valence-electron chi connectivity index (χ2n) is 4.35. The molecule has 0 aromatic heterocycles. The Labute approximate surface area is 108 Å². The first kappa shape index (κ1) is 13.9. The van der Waals surface area contributed by atoms with E-state index >= 15 is 0 Å². The largest absolute Gasteiger partial charge is 0.496 e. The molecule has 0 unspecified atom stereocenters. The summed E-state index contributed by atoms with van der Waals surface area (Å²) in [6, 6.07) is 6.04. The molecule has 0 aliphatic rings. The second-order valence-corrected chi connectivity index (χ2v) is 4.79. The Balaban J connectivity index is 3.06. The van der Waals surface area contributed by atoms with Crippen LogP contribution in [-0.2, 0) is 6.42 Å². The molecule has 2 nitrogen and oxygen atoms in total. The van der Waals surface area contributed by atoms with Gasteiger partial charge in [-0.3, -0.25) is 0 Å². The predicted molar refractivity (Wildman–Crippen MR) is 70.6 cm³/mol. The molecule has 1 aromatic carbocycles. The van der Waals surface area contributed by atoms with E-state index in [1.165, 1.54) is 0 Å². The van der Waals surface area contributed by atoms with E-state index in [1.807, 2.05) is 12.1 Å². The monoisotopic (exact) mass is 251 g/mol. The van der Waals surface area contributed by atoms with Gasteiger partial charge in [0, 0.05) is 11.4 Å². The summed E-state index contributed by atoms with van der Waals surface area (Å²) in [5.41, 5.74) is 2.23. The molecule has 1 rings (SSSR count). The molecular weight excluding hydrogens is 234 g/mol. The van der Waals surface area contributed by atoms with Gasteiger partial charge < -0.3 is 4.74 Å². The lowest BCUT2D eigenvalue weighted by Gasteiger charge is -2.16. The minimum Gasteiger partial charge on any atom is -0.496 e. The molecule has 92 valence electrons. The van der Waals surface area contributed by atoms with Crippen LogP contribution >= 0.6 is 11.6 Å². The first-order chi connectivity index (χ1) is 8.10. The zero-order valence-electron chi connectivity index (χ0n) is 10.6. The van der Waals surface area contributed by atoms with Gasteiger partial charge in [-0.15, -0.1) is 0 Å². The zero-order valence-corrected chi connectivity index (χ0v) is 11.3. The van der Waals surface area contributed by atoms with Gasteiger partial charge in [0.2, 0.25) is 0 Å². The van der Waals surface area contributed by atoms with Crippen molar-refractivity contribution in [2.75, 3.05) is 7.11 Å². The first-order valence-corrected chi connectivity index (χ1v) is 6.21. The minimum atomic E-state index is 0.373. The third kappa shape index (κ3) is 3.64. The maximum atomic E-state index is 8.56. The van der Waals surface area contributed by atoms with Crippen LogP contribution in [0.3, 0.4) is 0 Å². The molecule has 0 aliphatic heterocycles. The van der Waals surface area contributed by atoms with Crippen molar-refractivity contribution in [3.63, 3.8) is 0 Å². The van der Waals surface area contributed by atoms with E-state index in [-0.39, 0.29) is 0 Å². The van der Waals surface area contributed by atoms with Crippen LogP contribution in [-0.4, -0.2) is 7.11 Å². The van der Waals surface area contributed by atoms with E-state index in [1.54, 1.807) is 7.11 Å². The maximum Gasteiger partial charge on any atom is 0.125 e. The molecule has 3 heteroatoms. The third-order valence-corrected chi connectivity index (χ3v) is 2.94. The summed E-state index contributed by atoms with van der Waals surface area (Å²) in [5.74, 6) is 1.29. The fourth-order valence-electron chi connectivity index (χ4n) is 1.89. The van der Waals surface area contributed by atoms with Crippen molar-refractivity contribution in [2.24, 2.45) is 0 Å². The Morgan fingerprint density at radius 2 is 2.12 bits per heavy atom. The van der Waals surface area contributed by atoms with Gasteiger partial charge in [-0.1, -0.05) is 25.4 Å². The zero-order chi connectivity index (χ0) is 12.8. The van der Waals surface area contributed by atoms with Crippen LogP contribution in [0.1, 0.15) is 43.7 Å². The smallest absolute Gasteiger partial charge is 0.125 e. The van der Waals surface area contributed by atoms with E-state index < -0.39 is 0 Å². The van der Waals surface area contributed by atoms with Crippen LogP contribution in [0.15, 0.2) is 12.1 Å². The third-order valence-electron chi connectivity index (χ3n) is 2.72. The van der Waals surface area contributed by atoms with Gasteiger partial charge >= 0.3 is 0 Å². The number of hydrogen-bond acceptors (Lipinski definition) is 2. The van der Waals surface area contributed by atoms with Crippen molar-refractivity contribution in [3.8, 4) is 11.8 Å². The molecule has 1 aromatic rings.